The third-order valence-electron chi connectivity index (χ3n) is 1.93. The van der Waals surface area contributed by atoms with E-state index in [4.69, 9.17) is 5.11 Å². The molecule has 3 nitrogen and oxygen atoms in total. The van der Waals surface area contributed by atoms with Crippen LogP contribution in [0.15, 0.2) is 12.2 Å². The Labute approximate surface area is 78.3 Å². The van der Waals surface area contributed by atoms with Crippen molar-refractivity contribution in [2.75, 3.05) is 6.54 Å². The van der Waals surface area contributed by atoms with Crippen molar-refractivity contribution in [3.05, 3.63) is 12.2 Å². The topological polar surface area (TPSA) is 49.3 Å². The maximum atomic E-state index is 10.5. The molecular weight excluding hydrogens is 178 g/mol. The van der Waals surface area contributed by atoms with Crippen LogP contribution < -0.4 is 5.32 Å². The van der Waals surface area contributed by atoms with Crippen molar-refractivity contribution in [1.29, 1.82) is 0 Å². The average molecular weight is 192 g/mol. The predicted octanol–water partition coefficient (Wildman–Crippen LogP) is 1.05. The molecule has 2 atom stereocenters. The van der Waals surface area contributed by atoms with E-state index in [9.17, 15) is 4.79 Å². The number of aliphatic carboxylic acids is 1. The summed E-state index contributed by atoms with van der Waals surface area (Å²) in [5.74, 6) is -0.335. The number of carbonyl (C=O) groups is 1. The molecule has 0 saturated carbocycles. The van der Waals surface area contributed by atoms with Crippen molar-refractivity contribution in [2.24, 2.45) is 5.92 Å². The average Bonchev–Trinajstić information content (AvgIpc) is 2.37. The van der Waals surface area contributed by atoms with Gasteiger partial charge in [-0.3, -0.25) is 4.79 Å². The number of allylic oxidation sites excluding steroid dienone is 1. The lowest BCUT2D eigenvalue weighted by Crippen LogP contribution is -2.29. The Hall–Kier alpha value is -0.540. The van der Waals surface area contributed by atoms with Gasteiger partial charge in [-0.15, -0.1) is 12.4 Å². The van der Waals surface area contributed by atoms with Gasteiger partial charge in [0.1, 0.15) is 6.04 Å². The number of nitrogens with one attached hydrogen (secondary N) is 1. The van der Waals surface area contributed by atoms with Gasteiger partial charge in [-0.05, 0) is 19.3 Å². The first kappa shape index (κ1) is 11.5. The van der Waals surface area contributed by atoms with E-state index in [1.54, 1.807) is 0 Å². The van der Waals surface area contributed by atoms with Gasteiger partial charge in [-0.25, -0.2) is 0 Å². The Kier molecular flexibility index (Phi) is 4.93. The molecule has 1 aliphatic heterocycles. The second-order valence-electron chi connectivity index (χ2n) is 2.82. The minimum atomic E-state index is -0.739. The maximum Gasteiger partial charge on any atom is 0.320 e. The highest BCUT2D eigenvalue weighted by molar-refractivity contribution is 5.85. The zero-order valence-corrected chi connectivity index (χ0v) is 7.80. The molecule has 1 heterocycles. The van der Waals surface area contributed by atoms with Crippen LogP contribution in [0.25, 0.3) is 0 Å². The first-order valence-electron chi connectivity index (χ1n) is 3.83. The number of rotatable bonds is 2. The molecule has 0 amide bonds. The van der Waals surface area contributed by atoms with E-state index >= 15 is 0 Å². The molecule has 0 spiro atoms. The fourth-order valence-electron chi connectivity index (χ4n) is 1.37. The lowest BCUT2D eigenvalue weighted by molar-refractivity contribution is -0.139. The Morgan fingerprint density at radius 2 is 2.33 bits per heavy atom. The maximum absolute atomic E-state index is 10.5. The second kappa shape index (κ2) is 5.17. The van der Waals surface area contributed by atoms with Crippen LogP contribution in [0, 0.1) is 5.92 Å². The van der Waals surface area contributed by atoms with E-state index in [1.165, 1.54) is 0 Å². The van der Waals surface area contributed by atoms with E-state index in [1.807, 2.05) is 13.0 Å². The summed E-state index contributed by atoms with van der Waals surface area (Å²) in [5.41, 5.74) is 0. The van der Waals surface area contributed by atoms with Crippen LogP contribution in [0.5, 0.6) is 0 Å². The molecule has 1 aliphatic rings. The Balaban J connectivity index is 0.00000121. The van der Waals surface area contributed by atoms with Gasteiger partial charge in [0.25, 0.3) is 0 Å². The quantitative estimate of drug-likeness (QED) is 0.642. The van der Waals surface area contributed by atoms with Gasteiger partial charge in [-0.1, -0.05) is 12.2 Å². The van der Waals surface area contributed by atoms with Crippen molar-refractivity contribution in [3.8, 4) is 0 Å². The number of carboxylic acid groups (broad SMARTS) is 1. The third-order valence-corrected chi connectivity index (χ3v) is 1.93. The normalized spacial score (nSPS) is 28.8. The van der Waals surface area contributed by atoms with Crippen LogP contribution in [0.1, 0.15) is 13.3 Å². The van der Waals surface area contributed by atoms with Gasteiger partial charge in [0, 0.05) is 6.54 Å². The summed E-state index contributed by atoms with van der Waals surface area (Å²) in [4.78, 5) is 10.5. The summed E-state index contributed by atoms with van der Waals surface area (Å²) in [7, 11) is 0. The summed E-state index contributed by atoms with van der Waals surface area (Å²) in [6.45, 7) is 2.75. The second-order valence-corrected chi connectivity index (χ2v) is 2.82. The summed E-state index contributed by atoms with van der Waals surface area (Å²) < 4.78 is 0. The van der Waals surface area contributed by atoms with Crippen molar-refractivity contribution in [3.63, 3.8) is 0 Å². The number of carboxylic acids is 1. The first-order chi connectivity index (χ1) is 5.24. The molecule has 70 valence electrons. The zero-order chi connectivity index (χ0) is 8.27. The van der Waals surface area contributed by atoms with Gasteiger partial charge in [0.15, 0.2) is 0 Å². The predicted molar refractivity (Wildman–Crippen MR) is 49.6 cm³/mol. The molecule has 0 aromatic carbocycles. The minimum Gasteiger partial charge on any atom is -0.480 e. The standard InChI is InChI=1S/C8H13NO2.ClH/c1-2-3-6-4-7(8(10)11)9-5-6;/h2-3,6-7,9H,4-5H2,1H3,(H,10,11);1H/b3-2-;. The van der Waals surface area contributed by atoms with Crippen LogP contribution in [-0.2, 0) is 4.79 Å². The van der Waals surface area contributed by atoms with E-state index in [-0.39, 0.29) is 18.4 Å². The molecule has 1 rings (SSSR count). The fourth-order valence-corrected chi connectivity index (χ4v) is 1.37. The first-order valence-corrected chi connectivity index (χ1v) is 3.83. The largest absolute Gasteiger partial charge is 0.480 e. The molecule has 0 radical (unpaired) electrons. The van der Waals surface area contributed by atoms with E-state index < -0.39 is 5.97 Å². The zero-order valence-electron chi connectivity index (χ0n) is 6.99. The van der Waals surface area contributed by atoms with E-state index in [0.29, 0.717) is 5.92 Å². The SMILES string of the molecule is C/C=C\C1CNC(C(=O)O)C1.Cl. The van der Waals surface area contributed by atoms with Crippen LogP contribution >= 0.6 is 12.4 Å². The minimum absolute atomic E-state index is 0. The summed E-state index contributed by atoms with van der Waals surface area (Å²) in [6.07, 6.45) is 4.74. The van der Waals surface area contributed by atoms with Crippen LogP contribution in [-0.4, -0.2) is 23.7 Å². The summed E-state index contributed by atoms with van der Waals surface area (Å²) in [5, 5.41) is 11.6. The van der Waals surface area contributed by atoms with Gasteiger partial charge in [-0.2, -0.15) is 0 Å². The highest BCUT2D eigenvalue weighted by atomic mass is 35.5. The molecule has 0 aromatic heterocycles. The molecule has 2 unspecified atom stereocenters. The monoisotopic (exact) mass is 191 g/mol. The molecule has 1 saturated heterocycles. The molecule has 4 heteroatoms. The molecule has 0 aliphatic carbocycles. The molecule has 0 aromatic rings. The molecule has 0 bridgehead atoms. The lowest BCUT2D eigenvalue weighted by Gasteiger charge is -2.00. The van der Waals surface area contributed by atoms with Crippen molar-refractivity contribution in [2.45, 2.75) is 19.4 Å². The Bertz CT molecular complexity index is 182. The number of halogens is 1. The van der Waals surface area contributed by atoms with Crippen LogP contribution in [0.2, 0.25) is 0 Å². The van der Waals surface area contributed by atoms with Crippen LogP contribution in [0.3, 0.4) is 0 Å². The van der Waals surface area contributed by atoms with E-state index in [2.05, 4.69) is 11.4 Å². The molecular formula is C8H14ClNO2. The number of hydrogen-bond acceptors (Lipinski definition) is 2. The molecule has 2 N–H and O–H groups in total. The smallest absolute Gasteiger partial charge is 0.320 e. The van der Waals surface area contributed by atoms with Gasteiger partial charge < -0.3 is 10.4 Å². The van der Waals surface area contributed by atoms with Crippen molar-refractivity contribution >= 4 is 18.4 Å². The van der Waals surface area contributed by atoms with Gasteiger partial charge in [0.2, 0.25) is 0 Å². The van der Waals surface area contributed by atoms with Gasteiger partial charge >= 0.3 is 5.97 Å². The summed E-state index contributed by atoms with van der Waals surface area (Å²) >= 11 is 0. The Morgan fingerprint density at radius 1 is 1.67 bits per heavy atom. The van der Waals surface area contributed by atoms with Crippen LogP contribution in [0.4, 0.5) is 0 Å². The Morgan fingerprint density at radius 3 is 2.75 bits per heavy atom. The highest BCUT2D eigenvalue weighted by Gasteiger charge is 2.26. The molecule has 12 heavy (non-hydrogen) atoms. The van der Waals surface area contributed by atoms with E-state index in [0.717, 1.165) is 13.0 Å². The molecule has 1 fully saturated rings. The lowest BCUT2D eigenvalue weighted by atomic mass is 10.1. The highest BCUT2D eigenvalue weighted by Crippen LogP contribution is 2.14. The van der Waals surface area contributed by atoms with Crippen molar-refractivity contribution in [1.82, 2.24) is 5.32 Å². The summed E-state index contributed by atoms with van der Waals surface area (Å²) in [6, 6.07) is -0.337. The fraction of sp³-hybridized carbons (Fsp3) is 0.625. The van der Waals surface area contributed by atoms with Crippen molar-refractivity contribution < 1.29 is 9.90 Å². The third kappa shape index (κ3) is 2.83. The van der Waals surface area contributed by atoms with Gasteiger partial charge in [0.05, 0.1) is 0 Å². The number of hydrogen-bond donors (Lipinski definition) is 2.